The summed E-state index contributed by atoms with van der Waals surface area (Å²) >= 11 is 3.38. The average Bonchev–Trinajstić information content (AvgIpc) is 2.22. The number of nitrogens with one attached hydrogen (secondary N) is 1. The van der Waals surface area contributed by atoms with Gasteiger partial charge in [0.05, 0.1) is 0 Å². The fourth-order valence-corrected chi connectivity index (χ4v) is 1.47. The van der Waals surface area contributed by atoms with Gasteiger partial charge < -0.3 is 11.1 Å². The van der Waals surface area contributed by atoms with Crippen molar-refractivity contribution in [2.75, 3.05) is 11.1 Å². The Bertz CT molecular complexity index is 454. The third-order valence-corrected chi connectivity index (χ3v) is 2.42. The predicted molar refractivity (Wildman–Crippen MR) is 66.1 cm³/mol. The predicted octanol–water partition coefficient (Wildman–Crippen LogP) is 3.17. The van der Waals surface area contributed by atoms with Crippen LogP contribution in [0.15, 0.2) is 46.9 Å². The van der Waals surface area contributed by atoms with Gasteiger partial charge in [-0.1, -0.05) is 22.0 Å². The van der Waals surface area contributed by atoms with Gasteiger partial charge in [-0.15, -0.1) is 0 Å². The minimum Gasteiger partial charge on any atom is -0.384 e. The zero-order valence-corrected chi connectivity index (χ0v) is 9.53. The Kier molecular flexibility index (Phi) is 2.87. The van der Waals surface area contributed by atoms with Crippen molar-refractivity contribution in [3.63, 3.8) is 0 Å². The monoisotopic (exact) mass is 263 g/mol. The number of pyridine rings is 1. The second-order valence-corrected chi connectivity index (χ2v) is 4.00. The van der Waals surface area contributed by atoms with E-state index in [0.29, 0.717) is 5.82 Å². The number of nitrogens with zero attached hydrogens (tertiary/aromatic N) is 1. The van der Waals surface area contributed by atoms with Gasteiger partial charge in [0.15, 0.2) is 0 Å². The fourth-order valence-electron chi connectivity index (χ4n) is 1.20. The van der Waals surface area contributed by atoms with Gasteiger partial charge in [-0.3, -0.25) is 0 Å². The Morgan fingerprint density at radius 2 is 1.80 bits per heavy atom. The van der Waals surface area contributed by atoms with E-state index < -0.39 is 0 Å². The van der Waals surface area contributed by atoms with Crippen LogP contribution in [-0.4, -0.2) is 4.98 Å². The van der Waals surface area contributed by atoms with Crippen LogP contribution in [0.5, 0.6) is 0 Å². The quantitative estimate of drug-likeness (QED) is 0.875. The first kappa shape index (κ1) is 9.98. The van der Waals surface area contributed by atoms with E-state index in [1.165, 1.54) is 0 Å². The molecule has 0 aliphatic rings. The Balaban J connectivity index is 2.18. The number of nitrogens with two attached hydrogens (primary N) is 1. The summed E-state index contributed by atoms with van der Waals surface area (Å²) in [4.78, 5) is 4.15. The van der Waals surface area contributed by atoms with Crippen molar-refractivity contribution in [1.29, 1.82) is 0 Å². The molecule has 3 nitrogen and oxygen atoms in total. The van der Waals surface area contributed by atoms with Crippen LogP contribution >= 0.6 is 15.9 Å². The van der Waals surface area contributed by atoms with Crippen molar-refractivity contribution in [1.82, 2.24) is 4.98 Å². The second kappa shape index (κ2) is 4.31. The molecule has 76 valence electrons. The molecule has 1 aromatic heterocycles. The second-order valence-electron chi connectivity index (χ2n) is 3.08. The molecule has 0 saturated carbocycles. The zero-order valence-electron chi connectivity index (χ0n) is 7.94. The fraction of sp³-hybridized carbons (Fsp3) is 0. The lowest BCUT2D eigenvalue weighted by molar-refractivity contribution is 1.31. The molecule has 0 saturated heterocycles. The molecule has 0 bridgehead atoms. The van der Waals surface area contributed by atoms with Crippen molar-refractivity contribution in [3.05, 3.63) is 46.9 Å². The first-order valence-electron chi connectivity index (χ1n) is 4.49. The van der Waals surface area contributed by atoms with E-state index in [9.17, 15) is 0 Å². The Labute approximate surface area is 96.5 Å². The Morgan fingerprint density at radius 1 is 1.07 bits per heavy atom. The normalized spacial score (nSPS) is 9.93. The SMILES string of the molecule is Nc1cccc(Nc2ccc(Br)cc2)n1. The molecule has 0 amide bonds. The van der Waals surface area contributed by atoms with E-state index in [2.05, 4.69) is 26.2 Å². The van der Waals surface area contributed by atoms with Crippen molar-refractivity contribution >= 4 is 33.3 Å². The molecule has 0 aliphatic carbocycles. The molecule has 0 fully saturated rings. The maximum Gasteiger partial charge on any atom is 0.132 e. The molecule has 0 aliphatic heterocycles. The van der Waals surface area contributed by atoms with Gasteiger partial charge in [-0.05, 0) is 36.4 Å². The van der Waals surface area contributed by atoms with Gasteiger partial charge >= 0.3 is 0 Å². The van der Waals surface area contributed by atoms with Crippen LogP contribution in [0.2, 0.25) is 0 Å². The first-order valence-corrected chi connectivity index (χ1v) is 5.28. The number of halogens is 1. The lowest BCUT2D eigenvalue weighted by Gasteiger charge is -2.05. The van der Waals surface area contributed by atoms with Crippen LogP contribution in [0.3, 0.4) is 0 Å². The number of benzene rings is 1. The molecule has 1 aromatic carbocycles. The summed E-state index contributed by atoms with van der Waals surface area (Å²) in [6.07, 6.45) is 0. The number of aromatic nitrogens is 1. The molecular formula is C11H10BrN3. The summed E-state index contributed by atoms with van der Waals surface area (Å²) in [5.74, 6) is 1.26. The van der Waals surface area contributed by atoms with E-state index in [1.54, 1.807) is 6.07 Å². The third kappa shape index (κ3) is 2.70. The molecule has 0 unspecified atom stereocenters. The number of nitrogen functional groups attached to an aromatic ring is 1. The van der Waals surface area contributed by atoms with Gasteiger partial charge in [-0.2, -0.15) is 0 Å². The maximum atomic E-state index is 5.58. The average molecular weight is 264 g/mol. The van der Waals surface area contributed by atoms with Crippen LogP contribution in [0.1, 0.15) is 0 Å². The lowest BCUT2D eigenvalue weighted by atomic mass is 10.3. The van der Waals surface area contributed by atoms with E-state index in [0.717, 1.165) is 16.0 Å². The molecule has 0 atom stereocenters. The molecule has 15 heavy (non-hydrogen) atoms. The first-order chi connectivity index (χ1) is 7.24. The largest absolute Gasteiger partial charge is 0.384 e. The van der Waals surface area contributed by atoms with Gasteiger partial charge in [0.2, 0.25) is 0 Å². The highest BCUT2D eigenvalue weighted by molar-refractivity contribution is 9.10. The topological polar surface area (TPSA) is 50.9 Å². The summed E-state index contributed by atoms with van der Waals surface area (Å²) in [5, 5.41) is 3.16. The summed E-state index contributed by atoms with van der Waals surface area (Å²) in [6.45, 7) is 0. The standard InChI is InChI=1S/C11H10BrN3/c12-8-4-6-9(7-5-8)14-11-3-1-2-10(13)15-11/h1-7H,(H3,13,14,15). The van der Waals surface area contributed by atoms with E-state index in [-0.39, 0.29) is 0 Å². The van der Waals surface area contributed by atoms with Gasteiger partial charge in [0.1, 0.15) is 11.6 Å². The highest BCUT2D eigenvalue weighted by Crippen LogP contribution is 2.18. The molecule has 0 spiro atoms. The van der Waals surface area contributed by atoms with Crippen LogP contribution in [-0.2, 0) is 0 Å². The molecule has 4 heteroatoms. The molecule has 2 aromatic rings. The summed E-state index contributed by atoms with van der Waals surface area (Å²) in [6, 6.07) is 13.4. The highest BCUT2D eigenvalue weighted by Gasteiger charge is 1.95. The minimum absolute atomic E-state index is 0.511. The van der Waals surface area contributed by atoms with Crippen molar-refractivity contribution in [2.24, 2.45) is 0 Å². The van der Waals surface area contributed by atoms with Gasteiger partial charge in [0.25, 0.3) is 0 Å². The zero-order chi connectivity index (χ0) is 10.7. The molecule has 3 N–H and O–H groups in total. The van der Waals surface area contributed by atoms with Crippen LogP contribution < -0.4 is 11.1 Å². The third-order valence-electron chi connectivity index (χ3n) is 1.89. The minimum atomic E-state index is 0.511. The molecule has 2 rings (SSSR count). The van der Waals surface area contributed by atoms with Crippen LogP contribution in [0, 0.1) is 0 Å². The summed E-state index contributed by atoms with van der Waals surface area (Å²) in [7, 11) is 0. The van der Waals surface area contributed by atoms with Gasteiger partial charge in [-0.25, -0.2) is 4.98 Å². The van der Waals surface area contributed by atoms with Crippen molar-refractivity contribution in [3.8, 4) is 0 Å². The number of anilines is 3. The number of hydrogen-bond acceptors (Lipinski definition) is 3. The lowest BCUT2D eigenvalue weighted by Crippen LogP contribution is -1.96. The van der Waals surface area contributed by atoms with E-state index in [1.807, 2.05) is 36.4 Å². The summed E-state index contributed by atoms with van der Waals surface area (Å²) in [5.41, 5.74) is 6.56. The number of hydrogen-bond donors (Lipinski definition) is 2. The molecule has 0 radical (unpaired) electrons. The summed E-state index contributed by atoms with van der Waals surface area (Å²) < 4.78 is 1.05. The van der Waals surface area contributed by atoms with Crippen molar-refractivity contribution in [2.45, 2.75) is 0 Å². The Hall–Kier alpha value is -1.55. The smallest absolute Gasteiger partial charge is 0.132 e. The van der Waals surface area contributed by atoms with Crippen LogP contribution in [0.4, 0.5) is 17.3 Å². The van der Waals surface area contributed by atoms with E-state index in [4.69, 9.17) is 5.73 Å². The van der Waals surface area contributed by atoms with Crippen LogP contribution in [0.25, 0.3) is 0 Å². The number of rotatable bonds is 2. The molecular weight excluding hydrogens is 254 g/mol. The van der Waals surface area contributed by atoms with E-state index >= 15 is 0 Å². The van der Waals surface area contributed by atoms with Gasteiger partial charge in [0, 0.05) is 10.2 Å². The molecule has 1 heterocycles. The van der Waals surface area contributed by atoms with Crippen molar-refractivity contribution < 1.29 is 0 Å². The Morgan fingerprint density at radius 3 is 2.47 bits per heavy atom. The highest BCUT2D eigenvalue weighted by atomic mass is 79.9. The maximum absolute atomic E-state index is 5.58.